The summed E-state index contributed by atoms with van der Waals surface area (Å²) in [5, 5.41) is 4.86. The van der Waals surface area contributed by atoms with E-state index in [1.165, 1.54) is 5.56 Å². The average Bonchev–Trinajstić information content (AvgIpc) is 2.52. The second-order valence-electron chi connectivity index (χ2n) is 4.51. The summed E-state index contributed by atoms with van der Waals surface area (Å²) in [6, 6.07) is 9.97. The van der Waals surface area contributed by atoms with Crippen molar-refractivity contribution in [2.75, 3.05) is 13.7 Å². The van der Waals surface area contributed by atoms with Crippen molar-refractivity contribution in [3.8, 4) is 5.75 Å². The quantitative estimate of drug-likeness (QED) is 0.777. The van der Waals surface area contributed by atoms with Gasteiger partial charge in [-0.15, -0.1) is 11.8 Å². The van der Waals surface area contributed by atoms with Crippen LogP contribution in [0.25, 0.3) is 0 Å². The standard InChI is InChI=1S/C16H19ClN2OS/c1-3-18-10-12-6-7-15(20-2)13(9-12)11-21-16-14(17)5-4-8-19-16/h4-9,18H,3,10-11H2,1-2H3. The zero-order valence-electron chi connectivity index (χ0n) is 12.2. The van der Waals surface area contributed by atoms with E-state index >= 15 is 0 Å². The maximum atomic E-state index is 6.14. The van der Waals surface area contributed by atoms with Gasteiger partial charge < -0.3 is 10.1 Å². The molecule has 0 saturated carbocycles. The fourth-order valence-electron chi connectivity index (χ4n) is 1.95. The molecule has 21 heavy (non-hydrogen) atoms. The van der Waals surface area contributed by atoms with Gasteiger partial charge in [-0.3, -0.25) is 0 Å². The molecular weight excluding hydrogens is 304 g/mol. The fraction of sp³-hybridized carbons (Fsp3) is 0.312. The van der Waals surface area contributed by atoms with Gasteiger partial charge in [-0.2, -0.15) is 0 Å². The number of aromatic nitrogens is 1. The van der Waals surface area contributed by atoms with Gasteiger partial charge in [0, 0.05) is 24.1 Å². The molecule has 0 aliphatic carbocycles. The minimum absolute atomic E-state index is 0.685. The molecule has 0 atom stereocenters. The van der Waals surface area contributed by atoms with Gasteiger partial charge in [0.15, 0.2) is 0 Å². The maximum Gasteiger partial charge on any atom is 0.122 e. The minimum atomic E-state index is 0.685. The van der Waals surface area contributed by atoms with Crippen molar-refractivity contribution >= 4 is 23.4 Å². The summed E-state index contributed by atoms with van der Waals surface area (Å²) in [5.74, 6) is 1.68. The summed E-state index contributed by atoms with van der Waals surface area (Å²) in [6.07, 6.45) is 1.76. The number of ether oxygens (including phenoxy) is 1. The van der Waals surface area contributed by atoms with Crippen LogP contribution in [-0.4, -0.2) is 18.6 Å². The number of rotatable bonds is 7. The van der Waals surface area contributed by atoms with Crippen LogP contribution in [0.5, 0.6) is 5.75 Å². The molecule has 1 aromatic heterocycles. The third-order valence-corrected chi connectivity index (χ3v) is 4.48. The van der Waals surface area contributed by atoms with Crippen LogP contribution in [0.4, 0.5) is 0 Å². The number of thioether (sulfide) groups is 1. The molecule has 1 N–H and O–H groups in total. The maximum absolute atomic E-state index is 6.14. The van der Waals surface area contributed by atoms with Crippen LogP contribution >= 0.6 is 23.4 Å². The first-order valence-corrected chi connectivity index (χ1v) is 8.20. The molecule has 112 valence electrons. The number of methoxy groups -OCH3 is 1. The first kappa shape index (κ1) is 16.1. The highest BCUT2D eigenvalue weighted by Crippen LogP contribution is 2.31. The van der Waals surface area contributed by atoms with Crippen molar-refractivity contribution in [2.24, 2.45) is 0 Å². The molecule has 0 bridgehead atoms. The molecule has 0 radical (unpaired) electrons. The van der Waals surface area contributed by atoms with Gasteiger partial charge in [-0.1, -0.05) is 24.6 Å². The predicted octanol–water partition coefficient (Wildman–Crippen LogP) is 4.15. The lowest BCUT2D eigenvalue weighted by Crippen LogP contribution is -2.11. The molecule has 5 heteroatoms. The fourth-order valence-corrected chi connectivity index (χ4v) is 3.09. The highest BCUT2D eigenvalue weighted by atomic mass is 35.5. The Morgan fingerprint density at radius 1 is 1.33 bits per heavy atom. The number of hydrogen-bond donors (Lipinski definition) is 1. The Labute approximate surface area is 135 Å². The molecule has 1 aromatic carbocycles. The zero-order valence-corrected chi connectivity index (χ0v) is 13.8. The Morgan fingerprint density at radius 3 is 2.90 bits per heavy atom. The van der Waals surface area contributed by atoms with Gasteiger partial charge in [-0.05, 0) is 36.4 Å². The van der Waals surface area contributed by atoms with E-state index in [-0.39, 0.29) is 0 Å². The number of benzene rings is 1. The van der Waals surface area contributed by atoms with E-state index < -0.39 is 0 Å². The largest absolute Gasteiger partial charge is 0.496 e. The van der Waals surface area contributed by atoms with Crippen LogP contribution in [-0.2, 0) is 12.3 Å². The van der Waals surface area contributed by atoms with E-state index in [1.54, 1.807) is 25.1 Å². The van der Waals surface area contributed by atoms with Crippen LogP contribution in [0.2, 0.25) is 5.02 Å². The van der Waals surface area contributed by atoms with Gasteiger partial charge in [0.2, 0.25) is 0 Å². The second-order valence-corrected chi connectivity index (χ2v) is 5.88. The monoisotopic (exact) mass is 322 g/mol. The molecule has 0 spiro atoms. The van der Waals surface area contributed by atoms with Crippen molar-refractivity contribution in [2.45, 2.75) is 24.2 Å². The lowest BCUT2D eigenvalue weighted by atomic mass is 10.1. The average molecular weight is 323 g/mol. The molecule has 0 aliphatic rings. The Hall–Kier alpha value is -1.23. The summed E-state index contributed by atoms with van der Waals surface area (Å²) < 4.78 is 5.44. The lowest BCUT2D eigenvalue weighted by Gasteiger charge is -2.11. The Kier molecular flexibility index (Phi) is 6.36. The minimum Gasteiger partial charge on any atom is -0.496 e. The Bertz CT molecular complexity index is 592. The van der Waals surface area contributed by atoms with Crippen molar-refractivity contribution < 1.29 is 4.74 Å². The summed E-state index contributed by atoms with van der Waals surface area (Å²) >= 11 is 7.76. The van der Waals surface area contributed by atoms with Crippen molar-refractivity contribution in [3.05, 3.63) is 52.7 Å². The van der Waals surface area contributed by atoms with Crippen LogP contribution in [0, 0.1) is 0 Å². The van der Waals surface area contributed by atoms with E-state index in [0.717, 1.165) is 35.2 Å². The first-order valence-electron chi connectivity index (χ1n) is 6.84. The van der Waals surface area contributed by atoms with Gasteiger partial charge in [0.1, 0.15) is 10.8 Å². The third kappa shape index (κ3) is 4.63. The predicted molar refractivity (Wildman–Crippen MR) is 89.2 cm³/mol. The van der Waals surface area contributed by atoms with E-state index in [0.29, 0.717) is 5.02 Å². The number of halogens is 1. The molecule has 3 nitrogen and oxygen atoms in total. The van der Waals surface area contributed by atoms with Crippen molar-refractivity contribution in [3.63, 3.8) is 0 Å². The summed E-state index contributed by atoms with van der Waals surface area (Å²) in [7, 11) is 1.70. The van der Waals surface area contributed by atoms with E-state index in [9.17, 15) is 0 Å². The lowest BCUT2D eigenvalue weighted by molar-refractivity contribution is 0.411. The number of nitrogens with one attached hydrogen (secondary N) is 1. The topological polar surface area (TPSA) is 34.1 Å². The molecule has 2 rings (SSSR count). The van der Waals surface area contributed by atoms with Gasteiger partial charge in [-0.25, -0.2) is 4.98 Å². The smallest absolute Gasteiger partial charge is 0.122 e. The molecular formula is C16H19ClN2OS. The molecule has 0 unspecified atom stereocenters. The molecule has 2 aromatic rings. The van der Waals surface area contributed by atoms with E-state index in [4.69, 9.17) is 16.3 Å². The van der Waals surface area contributed by atoms with Crippen LogP contribution in [0.1, 0.15) is 18.1 Å². The third-order valence-electron chi connectivity index (χ3n) is 3.01. The number of pyridine rings is 1. The van der Waals surface area contributed by atoms with Gasteiger partial charge >= 0.3 is 0 Å². The van der Waals surface area contributed by atoms with E-state index in [1.807, 2.05) is 18.2 Å². The number of nitrogens with zero attached hydrogens (tertiary/aromatic N) is 1. The van der Waals surface area contributed by atoms with Crippen molar-refractivity contribution in [1.29, 1.82) is 0 Å². The SMILES string of the molecule is CCNCc1ccc(OC)c(CSc2ncccc2Cl)c1. The Morgan fingerprint density at radius 2 is 2.19 bits per heavy atom. The highest BCUT2D eigenvalue weighted by molar-refractivity contribution is 7.98. The summed E-state index contributed by atoms with van der Waals surface area (Å²) in [6.45, 7) is 3.92. The molecule has 0 aliphatic heterocycles. The van der Waals surface area contributed by atoms with Crippen molar-refractivity contribution in [1.82, 2.24) is 10.3 Å². The first-order chi connectivity index (χ1) is 10.2. The van der Waals surface area contributed by atoms with Crippen LogP contribution in [0.15, 0.2) is 41.6 Å². The molecule has 0 saturated heterocycles. The van der Waals surface area contributed by atoms with Crippen LogP contribution < -0.4 is 10.1 Å². The molecule has 1 heterocycles. The highest BCUT2D eigenvalue weighted by Gasteiger charge is 2.08. The van der Waals surface area contributed by atoms with Crippen LogP contribution in [0.3, 0.4) is 0 Å². The summed E-state index contributed by atoms with van der Waals surface area (Å²) in [4.78, 5) is 4.30. The van der Waals surface area contributed by atoms with Gasteiger partial charge in [0.05, 0.1) is 12.1 Å². The zero-order chi connectivity index (χ0) is 15.1. The van der Waals surface area contributed by atoms with Gasteiger partial charge in [0.25, 0.3) is 0 Å². The second kappa shape index (κ2) is 8.27. The Balaban J connectivity index is 2.12. The molecule has 0 fully saturated rings. The normalized spacial score (nSPS) is 10.6. The van der Waals surface area contributed by atoms with E-state index in [2.05, 4.69) is 29.4 Å². The molecule has 0 amide bonds. The summed E-state index contributed by atoms with van der Waals surface area (Å²) in [5.41, 5.74) is 2.40. The number of hydrogen-bond acceptors (Lipinski definition) is 4.